The largest absolute Gasteiger partial charge is 0.490 e. The topological polar surface area (TPSA) is 58.6 Å². The first-order valence-corrected chi connectivity index (χ1v) is 9.67. The van der Waals surface area contributed by atoms with Crippen LogP contribution in [0.5, 0.6) is 5.75 Å². The van der Waals surface area contributed by atoms with Crippen LogP contribution in [0.4, 0.5) is 0 Å². The maximum absolute atomic E-state index is 12.6. The number of amides is 2. The molecule has 6 heteroatoms. The van der Waals surface area contributed by atoms with Crippen molar-refractivity contribution in [1.29, 1.82) is 0 Å². The minimum atomic E-state index is -0.266. The average Bonchev–Trinajstić information content (AvgIpc) is 2.66. The maximum Gasteiger partial charge on any atom is 0.255 e. The molecule has 150 valence electrons. The summed E-state index contributed by atoms with van der Waals surface area (Å²) in [6, 6.07) is 12.3. The molecule has 2 amide bonds. The van der Waals surface area contributed by atoms with Crippen LogP contribution < -0.4 is 10.1 Å². The van der Waals surface area contributed by atoms with E-state index in [1.807, 2.05) is 39.8 Å². The van der Waals surface area contributed by atoms with Crippen LogP contribution in [0.25, 0.3) is 0 Å². The molecule has 0 unspecified atom stereocenters. The molecule has 0 aliphatic rings. The third-order valence-electron chi connectivity index (χ3n) is 4.30. The van der Waals surface area contributed by atoms with Crippen LogP contribution in [-0.4, -0.2) is 35.9 Å². The lowest BCUT2D eigenvalue weighted by Crippen LogP contribution is -2.32. The highest BCUT2D eigenvalue weighted by Crippen LogP contribution is 2.24. The van der Waals surface area contributed by atoms with Crippen LogP contribution in [0.2, 0.25) is 5.02 Å². The molecule has 0 aromatic heterocycles. The Kier molecular flexibility index (Phi) is 7.46. The van der Waals surface area contributed by atoms with Crippen LogP contribution in [0.1, 0.15) is 54.0 Å². The van der Waals surface area contributed by atoms with E-state index < -0.39 is 0 Å². The number of rotatable bonds is 7. The Bertz CT molecular complexity index is 832. The number of nitrogens with zero attached hydrogens (tertiary/aromatic N) is 1. The summed E-state index contributed by atoms with van der Waals surface area (Å²) < 4.78 is 5.70. The monoisotopic (exact) mass is 402 g/mol. The van der Waals surface area contributed by atoms with E-state index in [-0.39, 0.29) is 24.0 Å². The minimum absolute atomic E-state index is 0.0278. The van der Waals surface area contributed by atoms with Crippen molar-refractivity contribution in [2.75, 3.05) is 7.05 Å². The lowest BCUT2D eigenvalue weighted by molar-refractivity contribution is 0.0754. The molecule has 0 aliphatic heterocycles. The first-order chi connectivity index (χ1) is 13.2. The van der Waals surface area contributed by atoms with Gasteiger partial charge in [-0.3, -0.25) is 9.59 Å². The lowest BCUT2D eigenvalue weighted by atomic mass is 10.1. The van der Waals surface area contributed by atoms with Gasteiger partial charge in [-0.15, -0.1) is 0 Å². The van der Waals surface area contributed by atoms with Crippen molar-refractivity contribution in [3.05, 3.63) is 64.2 Å². The van der Waals surface area contributed by atoms with Gasteiger partial charge < -0.3 is 15.0 Å². The van der Waals surface area contributed by atoms with E-state index in [0.29, 0.717) is 28.4 Å². The van der Waals surface area contributed by atoms with Gasteiger partial charge in [-0.25, -0.2) is 0 Å². The summed E-state index contributed by atoms with van der Waals surface area (Å²) in [5.74, 6) is 0.201. The van der Waals surface area contributed by atoms with Gasteiger partial charge in [-0.1, -0.05) is 23.7 Å². The van der Waals surface area contributed by atoms with Crippen LogP contribution in [0.15, 0.2) is 42.5 Å². The van der Waals surface area contributed by atoms with Gasteiger partial charge in [-0.05, 0) is 63.6 Å². The Hall–Kier alpha value is -2.53. The van der Waals surface area contributed by atoms with Crippen molar-refractivity contribution in [3.63, 3.8) is 0 Å². The number of hydrogen-bond acceptors (Lipinski definition) is 3. The molecule has 0 saturated carbocycles. The van der Waals surface area contributed by atoms with E-state index in [1.165, 1.54) is 0 Å². The molecule has 2 aromatic rings. The third kappa shape index (κ3) is 5.73. The molecule has 2 rings (SSSR count). The smallest absolute Gasteiger partial charge is 0.255 e. The number of carbonyl (C=O) groups excluding carboxylic acids is 2. The first kappa shape index (κ1) is 21.8. The molecular formula is C22H27ClN2O3. The lowest BCUT2D eigenvalue weighted by Gasteiger charge is -2.21. The molecule has 0 fully saturated rings. The number of nitrogens with one attached hydrogen (secondary N) is 1. The predicted octanol–water partition coefficient (Wildman–Crippen LogP) is 4.54. The summed E-state index contributed by atoms with van der Waals surface area (Å²) in [5.41, 5.74) is 1.91. The fraction of sp³-hybridized carbons (Fsp3) is 0.364. The summed E-state index contributed by atoms with van der Waals surface area (Å²) in [5, 5.41) is 3.34. The van der Waals surface area contributed by atoms with E-state index in [0.717, 1.165) is 5.56 Å². The second-order valence-corrected chi connectivity index (χ2v) is 7.63. The molecule has 0 aliphatic carbocycles. The van der Waals surface area contributed by atoms with E-state index >= 15 is 0 Å². The molecule has 5 nitrogen and oxygen atoms in total. The van der Waals surface area contributed by atoms with Gasteiger partial charge in [0.05, 0.1) is 11.7 Å². The average molecular weight is 403 g/mol. The van der Waals surface area contributed by atoms with Crippen molar-refractivity contribution in [3.8, 4) is 5.75 Å². The van der Waals surface area contributed by atoms with E-state index in [1.54, 1.807) is 42.3 Å². The number of hydrogen-bond donors (Lipinski definition) is 1. The van der Waals surface area contributed by atoms with E-state index in [4.69, 9.17) is 16.3 Å². The zero-order valence-corrected chi connectivity index (χ0v) is 17.7. The Morgan fingerprint density at radius 3 is 2.29 bits per heavy atom. The van der Waals surface area contributed by atoms with Gasteiger partial charge >= 0.3 is 0 Å². The zero-order valence-electron chi connectivity index (χ0n) is 17.0. The summed E-state index contributed by atoms with van der Waals surface area (Å²) in [6.45, 7) is 8.07. The second-order valence-electron chi connectivity index (χ2n) is 7.20. The van der Waals surface area contributed by atoms with Gasteiger partial charge in [0.25, 0.3) is 11.8 Å². The molecule has 1 N–H and O–H groups in total. The summed E-state index contributed by atoms with van der Waals surface area (Å²) in [4.78, 5) is 26.6. The van der Waals surface area contributed by atoms with Crippen molar-refractivity contribution in [2.24, 2.45) is 0 Å². The zero-order chi connectivity index (χ0) is 20.8. The van der Waals surface area contributed by atoms with Crippen molar-refractivity contribution in [2.45, 2.75) is 46.4 Å². The van der Waals surface area contributed by atoms with E-state index in [9.17, 15) is 9.59 Å². The predicted molar refractivity (Wildman–Crippen MR) is 112 cm³/mol. The Labute approximate surface area is 171 Å². The molecule has 0 heterocycles. The molecule has 0 radical (unpaired) electrons. The van der Waals surface area contributed by atoms with Gasteiger partial charge in [0, 0.05) is 30.2 Å². The molecular weight excluding hydrogens is 376 g/mol. The molecule has 0 bridgehead atoms. The Balaban J connectivity index is 2.05. The minimum Gasteiger partial charge on any atom is -0.490 e. The number of halogens is 1. The first-order valence-electron chi connectivity index (χ1n) is 9.29. The highest BCUT2D eigenvalue weighted by Gasteiger charge is 2.16. The fourth-order valence-electron chi connectivity index (χ4n) is 2.52. The third-order valence-corrected chi connectivity index (χ3v) is 4.53. The van der Waals surface area contributed by atoms with Crippen LogP contribution >= 0.6 is 11.6 Å². The summed E-state index contributed by atoms with van der Waals surface area (Å²) in [6.07, 6.45) is -0.0539. The second kappa shape index (κ2) is 9.60. The van der Waals surface area contributed by atoms with Crippen molar-refractivity contribution in [1.82, 2.24) is 10.2 Å². The number of ether oxygens (including phenoxy) is 1. The standard InChI is InChI=1S/C22H27ClN2O3/c1-14(2)25(5)22(27)17-8-6-16(7-9-17)13-24-21(26)19-12-18(23)10-11-20(19)28-15(3)4/h6-12,14-15H,13H2,1-5H3,(H,24,26). The van der Waals surface area contributed by atoms with Gasteiger partial charge in [0.2, 0.25) is 0 Å². The quantitative estimate of drug-likeness (QED) is 0.739. The fourth-order valence-corrected chi connectivity index (χ4v) is 2.69. The van der Waals surface area contributed by atoms with Gasteiger partial charge in [0.1, 0.15) is 5.75 Å². The normalized spacial score (nSPS) is 10.9. The Morgan fingerprint density at radius 2 is 1.71 bits per heavy atom. The highest BCUT2D eigenvalue weighted by molar-refractivity contribution is 6.31. The van der Waals surface area contributed by atoms with Crippen LogP contribution in [-0.2, 0) is 6.54 Å². The van der Waals surface area contributed by atoms with Crippen molar-refractivity contribution >= 4 is 23.4 Å². The molecule has 0 spiro atoms. The van der Waals surface area contributed by atoms with Crippen molar-refractivity contribution < 1.29 is 14.3 Å². The van der Waals surface area contributed by atoms with Gasteiger partial charge in [0.15, 0.2) is 0 Å². The van der Waals surface area contributed by atoms with Crippen LogP contribution in [0, 0.1) is 0 Å². The molecule has 0 saturated heterocycles. The maximum atomic E-state index is 12.6. The summed E-state index contributed by atoms with van der Waals surface area (Å²) in [7, 11) is 1.78. The van der Waals surface area contributed by atoms with Gasteiger partial charge in [-0.2, -0.15) is 0 Å². The van der Waals surface area contributed by atoms with Crippen LogP contribution in [0.3, 0.4) is 0 Å². The molecule has 0 atom stereocenters. The highest BCUT2D eigenvalue weighted by atomic mass is 35.5. The van der Waals surface area contributed by atoms with E-state index in [2.05, 4.69) is 5.32 Å². The Morgan fingerprint density at radius 1 is 1.07 bits per heavy atom. The molecule has 28 heavy (non-hydrogen) atoms. The number of carbonyl (C=O) groups is 2. The summed E-state index contributed by atoms with van der Waals surface area (Å²) >= 11 is 6.04. The SMILES string of the molecule is CC(C)Oc1ccc(Cl)cc1C(=O)NCc1ccc(C(=O)N(C)C(C)C)cc1. The molecule has 2 aromatic carbocycles. The number of benzene rings is 2.